The number of ether oxygens (including phenoxy) is 1. The Balaban J connectivity index is 2.20. The number of fused-ring (bicyclic) bond motifs is 2. The molecule has 2 aromatic carbocycles. The second-order valence-electron chi connectivity index (χ2n) is 3.54. The fourth-order valence-corrected chi connectivity index (χ4v) is 2.88. The van der Waals surface area contributed by atoms with Crippen molar-refractivity contribution in [3.8, 4) is 11.5 Å². The van der Waals surface area contributed by atoms with Crippen LogP contribution in [0.15, 0.2) is 48.5 Å². The fourth-order valence-electron chi connectivity index (χ4n) is 1.85. The largest absolute Gasteiger partial charge is 0.457 e. The summed E-state index contributed by atoms with van der Waals surface area (Å²) in [5, 5.41) is 0. The van der Waals surface area contributed by atoms with E-state index in [1.807, 2.05) is 24.3 Å². The van der Waals surface area contributed by atoms with Gasteiger partial charge in [-0.05, 0) is 12.1 Å². The maximum absolute atomic E-state index is 5.84. The summed E-state index contributed by atoms with van der Waals surface area (Å²) >= 11 is 2.46. The minimum Gasteiger partial charge on any atom is -0.457 e. The molecule has 0 fully saturated rings. The zero-order chi connectivity index (χ0) is 10.3. The number of para-hydroxylation sites is 2. The molecule has 0 aromatic heterocycles. The molecular formula is C13H9IO. The number of rotatable bonds is 0. The van der Waals surface area contributed by atoms with Crippen LogP contribution in [0.2, 0.25) is 0 Å². The summed E-state index contributed by atoms with van der Waals surface area (Å²) in [6.45, 7) is 0. The second-order valence-corrected chi connectivity index (χ2v) is 4.79. The van der Waals surface area contributed by atoms with E-state index in [-0.39, 0.29) is 0 Å². The molecule has 0 saturated heterocycles. The summed E-state index contributed by atoms with van der Waals surface area (Å²) in [6.07, 6.45) is 0. The van der Waals surface area contributed by atoms with Gasteiger partial charge in [0.1, 0.15) is 11.5 Å². The van der Waals surface area contributed by atoms with Gasteiger partial charge < -0.3 is 4.74 Å². The molecule has 1 heterocycles. The lowest BCUT2D eigenvalue weighted by atomic mass is 10.0. The first-order valence-corrected chi connectivity index (χ1v) is 6.10. The number of hydrogen-bond donors (Lipinski definition) is 0. The van der Waals surface area contributed by atoms with E-state index >= 15 is 0 Å². The van der Waals surface area contributed by atoms with Crippen LogP contribution in [0.3, 0.4) is 0 Å². The standard InChI is InChI=1S/C13H9IO/c14-13-9-5-1-3-7-11(9)15-12-8-4-2-6-10(12)13/h1-8,13H. The van der Waals surface area contributed by atoms with Crippen molar-refractivity contribution in [3.05, 3.63) is 59.7 Å². The summed E-state index contributed by atoms with van der Waals surface area (Å²) in [5.41, 5.74) is 2.52. The zero-order valence-corrected chi connectivity index (χ0v) is 10.1. The van der Waals surface area contributed by atoms with Crippen LogP contribution in [-0.2, 0) is 0 Å². The zero-order valence-electron chi connectivity index (χ0n) is 7.98. The molecule has 0 unspecified atom stereocenters. The molecule has 15 heavy (non-hydrogen) atoms. The van der Waals surface area contributed by atoms with Gasteiger partial charge in [0.2, 0.25) is 0 Å². The Morgan fingerprint density at radius 1 is 0.800 bits per heavy atom. The molecule has 1 nitrogen and oxygen atoms in total. The highest BCUT2D eigenvalue weighted by Gasteiger charge is 2.23. The normalized spacial score (nSPS) is 13.9. The van der Waals surface area contributed by atoms with Crippen molar-refractivity contribution < 1.29 is 4.74 Å². The average molecular weight is 308 g/mol. The Bertz CT molecular complexity index is 462. The predicted octanol–water partition coefficient (Wildman–Crippen LogP) is 4.32. The number of hydrogen-bond acceptors (Lipinski definition) is 1. The van der Waals surface area contributed by atoms with Gasteiger partial charge in [0.05, 0.1) is 3.92 Å². The number of benzene rings is 2. The molecule has 0 bridgehead atoms. The molecule has 1 aliphatic heterocycles. The molecule has 3 rings (SSSR count). The van der Waals surface area contributed by atoms with Crippen molar-refractivity contribution in [1.82, 2.24) is 0 Å². The molecule has 0 spiro atoms. The van der Waals surface area contributed by atoms with Crippen molar-refractivity contribution in [3.63, 3.8) is 0 Å². The van der Waals surface area contributed by atoms with E-state index in [9.17, 15) is 0 Å². The summed E-state index contributed by atoms with van der Waals surface area (Å²) in [7, 11) is 0. The van der Waals surface area contributed by atoms with E-state index in [0.29, 0.717) is 3.92 Å². The van der Waals surface area contributed by atoms with Crippen molar-refractivity contribution in [2.45, 2.75) is 3.92 Å². The Morgan fingerprint density at radius 3 is 1.80 bits per heavy atom. The quantitative estimate of drug-likeness (QED) is 0.520. The molecule has 0 atom stereocenters. The molecule has 0 aliphatic carbocycles. The monoisotopic (exact) mass is 308 g/mol. The van der Waals surface area contributed by atoms with Gasteiger partial charge in [-0.2, -0.15) is 0 Å². The van der Waals surface area contributed by atoms with Gasteiger partial charge >= 0.3 is 0 Å². The topological polar surface area (TPSA) is 9.23 Å². The van der Waals surface area contributed by atoms with Gasteiger partial charge in [0.25, 0.3) is 0 Å². The predicted molar refractivity (Wildman–Crippen MR) is 68.8 cm³/mol. The summed E-state index contributed by atoms with van der Waals surface area (Å²) in [4.78, 5) is 0. The molecular weight excluding hydrogens is 299 g/mol. The lowest BCUT2D eigenvalue weighted by Crippen LogP contribution is -2.04. The molecule has 2 heteroatoms. The van der Waals surface area contributed by atoms with Gasteiger partial charge in [0, 0.05) is 11.1 Å². The Morgan fingerprint density at radius 2 is 1.27 bits per heavy atom. The molecule has 1 aliphatic rings. The Hall–Kier alpha value is -1.03. The van der Waals surface area contributed by atoms with Crippen LogP contribution >= 0.6 is 22.6 Å². The molecule has 0 amide bonds. The number of halogens is 1. The third kappa shape index (κ3) is 1.44. The van der Waals surface area contributed by atoms with Crippen molar-refractivity contribution in [1.29, 1.82) is 0 Å². The summed E-state index contributed by atoms with van der Waals surface area (Å²) < 4.78 is 6.24. The fraction of sp³-hybridized carbons (Fsp3) is 0.0769. The van der Waals surface area contributed by atoms with Crippen LogP contribution < -0.4 is 4.74 Å². The molecule has 2 aromatic rings. The maximum atomic E-state index is 5.84. The first kappa shape index (κ1) is 9.21. The van der Waals surface area contributed by atoms with Crippen LogP contribution in [0, 0.1) is 0 Å². The van der Waals surface area contributed by atoms with Gasteiger partial charge in [-0.25, -0.2) is 0 Å². The summed E-state index contributed by atoms with van der Waals surface area (Å²) in [5.74, 6) is 1.96. The van der Waals surface area contributed by atoms with Gasteiger partial charge in [0.15, 0.2) is 0 Å². The van der Waals surface area contributed by atoms with Gasteiger partial charge in [-0.15, -0.1) is 0 Å². The lowest BCUT2D eigenvalue weighted by Gasteiger charge is -2.24. The Labute approximate surface area is 102 Å². The maximum Gasteiger partial charge on any atom is 0.132 e. The van der Waals surface area contributed by atoms with Crippen LogP contribution in [0.1, 0.15) is 15.1 Å². The highest BCUT2D eigenvalue weighted by atomic mass is 127. The first-order chi connectivity index (χ1) is 7.36. The van der Waals surface area contributed by atoms with E-state index in [1.165, 1.54) is 11.1 Å². The van der Waals surface area contributed by atoms with Crippen LogP contribution in [-0.4, -0.2) is 0 Å². The minimum absolute atomic E-state index is 0.392. The minimum atomic E-state index is 0.392. The molecule has 74 valence electrons. The van der Waals surface area contributed by atoms with Crippen LogP contribution in [0.5, 0.6) is 11.5 Å². The first-order valence-electron chi connectivity index (χ1n) is 4.86. The SMILES string of the molecule is IC1c2ccccc2Oc2ccccc21. The second kappa shape index (κ2) is 3.52. The van der Waals surface area contributed by atoms with Gasteiger partial charge in [-0.1, -0.05) is 59.0 Å². The molecule has 0 radical (unpaired) electrons. The third-order valence-corrected chi connectivity index (χ3v) is 3.95. The number of alkyl halides is 1. The van der Waals surface area contributed by atoms with Crippen molar-refractivity contribution in [2.75, 3.05) is 0 Å². The van der Waals surface area contributed by atoms with E-state index in [2.05, 4.69) is 46.9 Å². The van der Waals surface area contributed by atoms with Crippen LogP contribution in [0.25, 0.3) is 0 Å². The average Bonchev–Trinajstić information content (AvgIpc) is 2.30. The van der Waals surface area contributed by atoms with Gasteiger partial charge in [-0.3, -0.25) is 0 Å². The smallest absolute Gasteiger partial charge is 0.132 e. The van der Waals surface area contributed by atoms with E-state index in [4.69, 9.17) is 4.74 Å². The molecule has 0 saturated carbocycles. The van der Waals surface area contributed by atoms with E-state index < -0.39 is 0 Å². The summed E-state index contributed by atoms with van der Waals surface area (Å²) in [6, 6.07) is 16.4. The highest BCUT2D eigenvalue weighted by molar-refractivity contribution is 14.1. The molecule has 0 N–H and O–H groups in total. The van der Waals surface area contributed by atoms with E-state index in [1.54, 1.807) is 0 Å². The third-order valence-electron chi connectivity index (χ3n) is 2.60. The van der Waals surface area contributed by atoms with Crippen molar-refractivity contribution in [2.24, 2.45) is 0 Å². The lowest BCUT2D eigenvalue weighted by molar-refractivity contribution is 0.460. The van der Waals surface area contributed by atoms with Crippen LogP contribution in [0.4, 0.5) is 0 Å². The van der Waals surface area contributed by atoms with Crippen molar-refractivity contribution >= 4 is 22.6 Å². The Kier molecular flexibility index (Phi) is 2.16. The highest BCUT2D eigenvalue weighted by Crippen LogP contribution is 2.46. The van der Waals surface area contributed by atoms with E-state index in [0.717, 1.165) is 11.5 Å².